The molecule has 0 heterocycles. The Labute approximate surface area is 70.6 Å². The predicted octanol–water partition coefficient (Wildman–Crippen LogP) is 2.42. The van der Waals surface area contributed by atoms with Crippen molar-refractivity contribution in [3.05, 3.63) is 0 Å². The molecule has 1 N–H and O–H groups in total. The first-order valence-electron chi connectivity index (χ1n) is 4.72. The van der Waals surface area contributed by atoms with Crippen molar-refractivity contribution in [1.29, 1.82) is 0 Å². The van der Waals surface area contributed by atoms with Crippen LogP contribution in [-0.2, 0) is 0 Å². The van der Waals surface area contributed by atoms with Crippen LogP contribution in [0.2, 0.25) is 0 Å². The molecule has 0 bridgehead atoms. The molecule has 0 atom stereocenters. The average Bonchev–Trinajstić information content (AvgIpc) is 1.84. The van der Waals surface area contributed by atoms with Crippen LogP contribution < -0.4 is 5.32 Å². The number of hydrogen-bond donors (Lipinski definition) is 1. The van der Waals surface area contributed by atoms with Crippen LogP contribution in [0.3, 0.4) is 0 Å². The van der Waals surface area contributed by atoms with Gasteiger partial charge in [-0.15, -0.1) is 0 Å². The van der Waals surface area contributed by atoms with E-state index in [1.165, 1.54) is 19.3 Å². The molecule has 1 aliphatic rings. The molecule has 0 spiro atoms. The Morgan fingerprint density at radius 3 is 2.27 bits per heavy atom. The van der Waals surface area contributed by atoms with Crippen molar-refractivity contribution >= 4 is 0 Å². The highest BCUT2D eigenvalue weighted by molar-refractivity contribution is 4.85. The Morgan fingerprint density at radius 1 is 1.36 bits per heavy atom. The second-order valence-corrected chi connectivity index (χ2v) is 4.78. The molecule has 1 nitrogen and oxygen atoms in total. The highest BCUT2D eigenvalue weighted by Crippen LogP contribution is 2.38. The molecule has 0 aromatic carbocycles. The van der Waals surface area contributed by atoms with Gasteiger partial charge in [-0.25, -0.2) is 0 Å². The zero-order valence-electron chi connectivity index (χ0n) is 8.28. The van der Waals surface area contributed by atoms with E-state index in [1.807, 2.05) is 0 Å². The van der Waals surface area contributed by atoms with Crippen molar-refractivity contribution in [3.63, 3.8) is 0 Å². The molecule has 0 aromatic rings. The Hall–Kier alpha value is -0.0400. The molecule has 1 saturated carbocycles. The molecule has 11 heavy (non-hydrogen) atoms. The van der Waals surface area contributed by atoms with E-state index in [0.29, 0.717) is 5.54 Å². The lowest BCUT2D eigenvalue weighted by atomic mass is 9.71. The van der Waals surface area contributed by atoms with Crippen LogP contribution in [0.5, 0.6) is 0 Å². The molecule has 0 radical (unpaired) electrons. The van der Waals surface area contributed by atoms with Crippen molar-refractivity contribution in [2.75, 3.05) is 7.05 Å². The summed E-state index contributed by atoms with van der Waals surface area (Å²) in [6.07, 6.45) is 4.24. The standard InChI is InChI=1S/C10H21N/c1-8-5-9(6-8)7-10(2,3)11-4/h8-9,11H,5-7H2,1-4H3. The van der Waals surface area contributed by atoms with Crippen LogP contribution in [0, 0.1) is 11.8 Å². The lowest BCUT2D eigenvalue weighted by Crippen LogP contribution is -2.40. The second-order valence-electron chi connectivity index (χ2n) is 4.78. The first-order valence-corrected chi connectivity index (χ1v) is 4.72. The van der Waals surface area contributed by atoms with Gasteiger partial charge in [-0.3, -0.25) is 0 Å². The quantitative estimate of drug-likeness (QED) is 0.660. The summed E-state index contributed by atoms with van der Waals surface area (Å²) in [5.74, 6) is 1.99. The van der Waals surface area contributed by atoms with Gasteiger partial charge >= 0.3 is 0 Å². The zero-order chi connectivity index (χ0) is 8.48. The van der Waals surface area contributed by atoms with Gasteiger partial charge in [0.05, 0.1) is 0 Å². The van der Waals surface area contributed by atoms with Gasteiger partial charge in [-0.2, -0.15) is 0 Å². The van der Waals surface area contributed by atoms with Crippen molar-refractivity contribution in [3.8, 4) is 0 Å². The van der Waals surface area contributed by atoms with Gasteiger partial charge in [-0.05, 0) is 52.0 Å². The first-order chi connectivity index (χ1) is 5.03. The lowest BCUT2D eigenvalue weighted by molar-refractivity contribution is 0.159. The number of hydrogen-bond acceptors (Lipinski definition) is 1. The minimum Gasteiger partial charge on any atom is -0.315 e. The first kappa shape index (κ1) is 9.05. The average molecular weight is 155 g/mol. The van der Waals surface area contributed by atoms with Crippen LogP contribution in [0.4, 0.5) is 0 Å². The van der Waals surface area contributed by atoms with E-state index in [0.717, 1.165) is 11.8 Å². The maximum absolute atomic E-state index is 3.36. The van der Waals surface area contributed by atoms with Gasteiger partial charge in [0.25, 0.3) is 0 Å². The largest absolute Gasteiger partial charge is 0.315 e. The summed E-state index contributed by atoms with van der Waals surface area (Å²) in [7, 11) is 2.06. The number of rotatable bonds is 3. The summed E-state index contributed by atoms with van der Waals surface area (Å²) >= 11 is 0. The molecule has 1 rings (SSSR count). The van der Waals surface area contributed by atoms with Gasteiger partial charge in [0.15, 0.2) is 0 Å². The third-order valence-corrected chi connectivity index (χ3v) is 2.95. The molecule has 1 heteroatoms. The van der Waals surface area contributed by atoms with Crippen LogP contribution >= 0.6 is 0 Å². The maximum atomic E-state index is 3.36. The zero-order valence-corrected chi connectivity index (χ0v) is 8.28. The van der Waals surface area contributed by atoms with E-state index in [1.54, 1.807) is 0 Å². The molecule has 1 fully saturated rings. The van der Waals surface area contributed by atoms with Crippen LogP contribution in [-0.4, -0.2) is 12.6 Å². The van der Waals surface area contributed by atoms with Gasteiger partial charge in [0.2, 0.25) is 0 Å². The van der Waals surface area contributed by atoms with Crippen molar-refractivity contribution < 1.29 is 0 Å². The molecule has 66 valence electrons. The molecule has 0 amide bonds. The van der Waals surface area contributed by atoms with E-state index in [9.17, 15) is 0 Å². The van der Waals surface area contributed by atoms with Crippen molar-refractivity contribution in [2.24, 2.45) is 11.8 Å². The van der Waals surface area contributed by atoms with Crippen LogP contribution in [0.15, 0.2) is 0 Å². The minimum absolute atomic E-state index is 0.352. The van der Waals surface area contributed by atoms with Crippen molar-refractivity contribution in [1.82, 2.24) is 5.32 Å². The molecule has 0 aromatic heterocycles. The highest BCUT2D eigenvalue weighted by Gasteiger charge is 2.30. The summed E-state index contributed by atoms with van der Waals surface area (Å²) in [5.41, 5.74) is 0.352. The fourth-order valence-electron chi connectivity index (χ4n) is 2.06. The SMILES string of the molecule is CNC(C)(C)CC1CC(C)C1. The molecular formula is C10H21N. The maximum Gasteiger partial charge on any atom is 0.0124 e. The third kappa shape index (κ3) is 2.48. The van der Waals surface area contributed by atoms with E-state index >= 15 is 0 Å². The molecular weight excluding hydrogens is 134 g/mol. The van der Waals surface area contributed by atoms with Gasteiger partial charge < -0.3 is 5.32 Å². The number of nitrogens with one attached hydrogen (secondary N) is 1. The van der Waals surface area contributed by atoms with Gasteiger partial charge in [-0.1, -0.05) is 6.92 Å². The van der Waals surface area contributed by atoms with Crippen molar-refractivity contribution in [2.45, 2.75) is 45.6 Å². The highest BCUT2D eigenvalue weighted by atomic mass is 14.9. The van der Waals surface area contributed by atoms with Crippen LogP contribution in [0.25, 0.3) is 0 Å². The summed E-state index contributed by atoms with van der Waals surface area (Å²) in [6.45, 7) is 6.93. The Morgan fingerprint density at radius 2 is 1.91 bits per heavy atom. The molecule has 1 aliphatic carbocycles. The van der Waals surface area contributed by atoms with E-state index < -0.39 is 0 Å². The summed E-state index contributed by atoms with van der Waals surface area (Å²) < 4.78 is 0. The third-order valence-electron chi connectivity index (χ3n) is 2.95. The fourth-order valence-corrected chi connectivity index (χ4v) is 2.06. The van der Waals surface area contributed by atoms with Gasteiger partial charge in [0.1, 0.15) is 0 Å². The smallest absolute Gasteiger partial charge is 0.0124 e. The monoisotopic (exact) mass is 155 g/mol. The predicted molar refractivity (Wildman–Crippen MR) is 49.6 cm³/mol. The van der Waals surface area contributed by atoms with E-state index in [4.69, 9.17) is 0 Å². The minimum atomic E-state index is 0.352. The lowest BCUT2D eigenvalue weighted by Gasteiger charge is -2.38. The van der Waals surface area contributed by atoms with E-state index in [2.05, 4.69) is 33.1 Å². The topological polar surface area (TPSA) is 12.0 Å². The van der Waals surface area contributed by atoms with Crippen LogP contribution in [0.1, 0.15) is 40.0 Å². The molecule has 0 aliphatic heterocycles. The fraction of sp³-hybridized carbons (Fsp3) is 1.00. The normalized spacial score (nSPS) is 31.6. The summed E-state index contributed by atoms with van der Waals surface area (Å²) in [4.78, 5) is 0. The van der Waals surface area contributed by atoms with Gasteiger partial charge in [0, 0.05) is 5.54 Å². The Bertz CT molecular complexity index is 123. The molecule has 0 unspecified atom stereocenters. The second kappa shape index (κ2) is 3.14. The Kier molecular flexibility index (Phi) is 2.58. The van der Waals surface area contributed by atoms with E-state index in [-0.39, 0.29) is 0 Å². The Balaban J connectivity index is 2.21. The summed E-state index contributed by atoms with van der Waals surface area (Å²) in [5, 5.41) is 3.36. The molecule has 0 saturated heterocycles. The summed E-state index contributed by atoms with van der Waals surface area (Å²) in [6, 6.07) is 0.